The van der Waals surface area contributed by atoms with Gasteiger partial charge in [-0.05, 0) is 44.0 Å². The Labute approximate surface area is 126 Å². The van der Waals surface area contributed by atoms with Crippen molar-refractivity contribution in [2.24, 2.45) is 5.92 Å². The summed E-state index contributed by atoms with van der Waals surface area (Å²) in [5.41, 5.74) is 2.31. The van der Waals surface area contributed by atoms with Crippen molar-refractivity contribution >= 4 is 5.97 Å². The van der Waals surface area contributed by atoms with E-state index in [0.717, 1.165) is 38.0 Å². The van der Waals surface area contributed by atoms with Crippen LogP contribution in [0.1, 0.15) is 30.9 Å². The molecule has 0 spiro atoms. The number of esters is 1. The lowest BCUT2D eigenvalue weighted by Gasteiger charge is -2.30. The molecular formula is C17H22N2O2. The summed E-state index contributed by atoms with van der Waals surface area (Å²) in [4.78, 5) is 14.1. The molecule has 0 unspecified atom stereocenters. The Morgan fingerprint density at radius 1 is 1.29 bits per heavy atom. The summed E-state index contributed by atoms with van der Waals surface area (Å²) in [5, 5.41) is 8.66. The van der Waals surface area contributed by atoms with Crippen LogP contribution in [0.15, 0.2) is 24.3 Å². The van der Waals surface area contributed by atoms with E-state index in [1.165, 1.54) is 5.56 Å². The van der Waals surface area contributed by atoms with Gasteiger partial charge in [-0.1, -0.05) is 24.3 Å². The van der Waals surface area contributed by atoms with E-state index in [2.05, 4.69) is 23.1 Å². The quantitative estimate of drug-likeness (QED) is 0.781. The fourth-order valence-electron chi connectivity index (χ4n) is 2.70. The van der Waals surface area contributed by atoms with Gasteiger partial charge in [-0.25, -0.2) is 0 Å². The highest BCUT2D eigenvalue weighted by Crippen LogP contribution is 2.20. The molecule has 4 heteroatoms. The predicted molar refractivity (Wildman–Crippen MR) is 80.4 cm³/mol. The molecular weight excluding hydrogens is 264 g/mol. The number of rotatable bonds is 5. The van der Waals surface area contributed by atoms with Crippen molar-refractivity contribution in [3.63, 3.8) is 0 Å². The number of carbonyl (C=O) groups excluding carboxylic acids is 1. The third-order valence-electron chi connectivity index (χ3n) is 3.92. The first-order chi connectivity index (χ1) is 10.2. The Balaban J connectivity index is 1.80. The molecule has 4 nitrogen and oxygen atoms in total. The smallest absolute Gasteiger partial charge is 0.309 e. The van der Waals surface area contributed by atoms with Gasteiger partial charge in [0.15, 0.2) is 0 Å². The molecule has 112 valence electrons. The van der Waals surface area contributed by atoms with Crippen LogP contribution >= 0.6 is 0 Å². The molecule has 0 radical (unpaired) electrons. The van der Waals surface area contributed by atoms with Gasteiger partial charge < -0.3 is 4.74 Å². The van der Waals surface area contributed by atoms with Gasteiger partial charge in [0, 0.05) is 6.54 Å². The van der Waals surface area contributed by atoms with Crippen molar-refractivity contribution in [1.82, 2.24) is 4.90 Å². The number of hydrogen-bond acceptors (Lipinski definition) is 4. The van der Waals surface area contributed by atoms with E-state index in [-0.39, 0.29) is 11.9 Å². The average Bonchev–Trinajstić information content (AvgIpc) is 2.50. The summed E-state index contributed by atoms with van der Waals surface area (Å²) in [6.45, 7) is 5.09. The van der Waals surface area contributed by atoms with Crippen LogP contribution in [0.2, 0.25) is 0 Å². The normalized spacial score (nSPS) is 16.4. The highest BCUT2D eigenvalue weighted by atomic mass is 16.5. The Kier molecular flexibility index (Phi) is 5.77. The Bertz CT molecular complexity index is 497. The second-order valence-corrected chi connectivity index (χ2v) is 5.45. The number of nitriles is 1. The third-order valence-corrected chi connectivity index (χ3v) is 3.92. The zero-order valence-corrected chi connectivity index (χ0v) is 12.5. The van der Waals surface area contributed by atoms with Gasteiger partial charge in [-0.3, -0.25) is 9.69 Å². The number of carbonyl (C=O) groups is 1. The summed E-state index contributed by atoms with van der Waals surface area (Å²) in [7, 11) is 0. The fraction of sp³-hybridized carbons (Fsp3) is 0.529. The number of benzene rings is 1. The molecule has 1 aliphatic heterocycles. The maximum absolute atomic E-state index is 11.7. The molecule has 0 saturated carbocycles. The van der Waals surface area contributed by atoms with Crippen LogP contribution in [0, 0.1) is 17.2 Å². The highest BCUT2D eigenvalue weighted by Gasteiger charge is 2.25. The van der Waals surface area contributed by atoms with Crippen LogP contribution in [0.25, 0.3) is 0 Å². The van der Waals surface area contributed by atoms with Gasteiger partial charge in [-0.15, -0.1) is 0 Å². The Hall–Kier alpha value is -1.86. The molecule has 0 atom stereocenters. The van der Waals surface area contributed by atoms with Crippen LogP contribution in [0.5, 0.6) is 0 Å². The van der Waals surface area contributed by atoms with Crippen molar-refractivity contribution < 1.29 is 9.53 Å². The number of piperidine rings is 1. The SMILES string of the molecule is CCOC(=O)C1CCN(Cc2ccc(CC#N)cc2)CC1. The van der Waals surface area contributed by atoms with Crippen LogP contribution in [0.3, 0.4) is 0 Å². The lowest BCUT2D eigenvalue weighted by Crippen LogP contribution is -2.36. The molecule has 1 heterocycles. The minimum atomic E-state index is -0.0435. The van der Waals surface area contributed by atoms with Gasteiger partial charge in [0.2, 0.25) is 0 Å². The monoisotopic (exact) mass is 286 g/mol. The largest absolute Gasteiger partial charge is 0.466 e. The fourth-order valence-corrected chi connectivity index (χ4v) is 2.70. The van der Waals surface area contributed by atoms with Crippen molar-refractivity contribution in [2.75, 3.05) is 19.7 Å². The number of likely N-dealkylation sites (tertiary alicyclic amines) is 1. The molecule has 1 saturated heterocycles. The van der Waals surface area contributed by atoms with Gasteiger partial charge in [0.1, 0.15) is 0 Å². The highest BCUT2D eigenvalue weighted by molar-refractivity contribution is 5.72. The topological polar surface area (TPSA) is 53.3 Å². The summed E-state index contributed by atoms with van der Waals surface area (Å²) in [6, 6.07) is 10.4. The van der Waals surface area contributed by atoms with E-state index in [4.69, 9.17) is 10.00 Å². The molecule has 2 rings (SSSR count). The van der Waals surface area contributed by atoms with Crippen molar-refractivity contribution in [2.45, 2.75) is 32.7 Å². The van der Waals surface area contributed by atoms with E-state index in [1.54, 1.807) is 0 Å². The van der Waals surface area contributed by atoms with Gasteiger partial charge >= 0.3 is 5.97 Å². The van der Waals surface area contributed by atoms with Crippen LogP contribution in [-0.4, -0.2) is 30.6 Å². The van der Waals surface area contributed by atoms with E-state index >= 15 is 0 Å². The number of ether oxygens (including phenoxy) is 1. The molecule has 1 aromatic rings. The summed E-state index contributed by atoms with van der Waals surface area (Å²) >= 11 is 0. The van der Waals surface area contributed by atoms with Crippen LogP contribution in [0.4, 0.5) is 0 Å². The summed E-state index contributed by atoms with van der Waals surface area (Å²) in [6.07, 6.45) is 2.22. The predicted octanol–water partition coefficient (Wildman–Crippen LogP) is 2.53. The third kappa shape index (κ3) is 4.57. The zero-order chi connectivity index (χ0) is 15.1. The Morgan fingerprint density at radius 2 is 1.90 bits per heavy atom. The molecule has 0 amide bonds. The summed E-state index contributed by atoms with van der Waals surface area (Å²) in [5.74, 6) is 0.0252. The van der Waals surface area contributed by atoms with Gasteiger partial charge in [-0.2, -0.15) is 5.26 Å². The van der Waals surface area contributed by atoms with Crippen molar-refractivity contribution in [3.05, 3.63) is 35.4 Å². The molecule has 0 N–H and O–H groups in total. The Morgan fingerprint density at radius 3 is 2.48 bits per heavy atom. The zero-order valence-electron chi connectivity index (χ0n) is 12.5. The molecule has 0 aromatic heterocycles. The second-order valence-electron chi connectivity index (χ2n) is 5.45. The first-order valence-electron chi connectivity index (χ1n) is 7.56. The van der Waals surface area contributed by atoms with E-state index < -0.39 is 0 Å². The standard InChI is InChI=1S/C17H22N2O2/c1-2-21-17(20)16-8-11-19(12-9-16)13-15-5-3-14(4-6-15)7-10-18/h3-6,16H,2,7-9,11-13H2,1H3. The molecule has 1 aliphatic rings. The maximum atomic E-state index is 11.7. The van der Waals surface area contributed by atoms with E-state index in [9.17, 15) is 4.79 Å². The summed E-state index contributed by atoms with van der Waals surface area (Å²) < 4.78 is 5.09. The molecule has 0 bridgehead atoms. The first-order valence-corrected chi connectivity index (χ1v) is 7.56. The lowest BCUT2D eigenvalue weighted by atomic mass is 9.96. The van der Waals surface area contributed by atoms with Crippen LogP contribution < -0.4 is 0 Å². The van der Waals surface area contributed by atoms with E-state index in [1.807, 2.05) is 19.1 Å². The molecule has 1 aromatic carbocycles. The van der Waals surface area contributed by atoms with Crippen molar-refractivity contribution in [3.8, 4) is 6.07 Å². The minimum Gasteiger partial charge on any atom is -0.466 e. The van der Waals surface area contributed by atoms with Crippen LogP contribution in [-0.2, 0) is 22.5 Å². The lowest BCUT2D eigenvalue weighted by molar-refractivity contribution is -0.149. The van der Waals surface area contributed by atoms with Gasteiger partial charge in [0.25, 0.3) is 0 Å². The number of hydrogen-bond donors (Lipinski definition) is 0. The molecule has 0 aliphatic carbocycles. The van der Waals surface area contributed by atoms with Gasteiger partial charge in [0.05, 0.1) is 25.0 Å². The maximum Gasteiger partial charge on any atom is 0.309 e. The van der Waals surface area contributed by atoms with Crippen molar-refractivity contribution in [1.29, 1.82) is 5.26 Å². The minimum absolute atomic E-state index is 0.0435. The number of nitrogens with zero attached hydrogens (tertiary/aromatic N) is 2. The first kappa shape index (κ1) is 15.5. The van der Waals surface area contributed by atoms with E-state index in [0.29, 0.717) is 13.0 Å². The molecule has 21 heavy (non-hydrogen) atoms. The molecule has 1 fully saturated rings. The second kappa shape index (κ2) is 7.80. The average molecular weight is 286 g/mol.